The largest absolute Gasteiger partial charge is 0.361 e. The molecule has 2 aromatic rings. The van der Waals surface area contributed by atoms with Gasteiger partial charge in [-0.1, -0.05) is 5.16 Å². The molecule has 1 amide bonds. The van der Waals surface area contributed by atoms with E-state index in [9.17, 15) is 4.79 Å². The van der Waals surface area contributed by atoms with E-state index < -0.39 is 0 Å². The van der Waals surface area contributed by atoms with Crippen LogP contribution in [0.5, 0.6) is 0 Å². The van der Waals surface area contributed by atoms with E-state index in [0.717, 1.165) is 61.2 Å². The van der Waals surface area contributed by atoms with Gasteiger partial charge in [-0.05, 0) is 27.2 Å². The average molecular weight is 334 g/mol. The minimum Gasteiger partial charge on any atom is -0.361 e. The lowest BCUT2D eigenvalue weighted by atomic mass is 10.2. The maximum absolute atomic E-state index is 12.6. The van der Waals surface area contributed by atoms with Crippen LogP contribution in [0.3, 0.4) is 0 Å². The van der Waals surface area contributed by atoms with E-state index in [0.29, 0.717) is 0 Å². The molecule has 0 atom stereocenters. The summed E-state index contributed by atoms with van der Waals surface area (Å²) >= 11 is 1.43. The van der Waals surface area contributed by atoms with Crippen molar-refractivity contribution < 1.29 is 9.32 Å². The number of rotatable bonds is 3. The molecular weight excluding hydrogens is 312 g/mol. The molecule has 3 rings (SSSR count). The summed E-state index contributed by atoms with van der Waals surface area (Å²) in [5.74, 6) is 1.00. The van der Waals surface area contributed by atoms with Crippen molar-refractivity contribution in [2.75, 3.05) is 26.2 Å². The lowest BCUT2D eigenvalue weighted by Crippen LogP contribution is -2.35. The van der Waals surface area contributed by atoms with E-state index in [2.05, 4.69) is 15.0 Å². The molecule has 6 nitrogen and oxygen atoms in total. The first-order valence-electron chi connectivity index (χ1n) is 7.89. The number of thiazole rings is 1. The Labute approximate surface area is 140 Å². The fraction of sp³-hybridized carbons (Fsp3) is 0.562. The highest BCUT2D eigenvalue weighted by atomic mass is 32.1. The predicted molar refractivity (Wildman–Crippen MR) is 88.6 cm³/mol. The summed E-state index contributed by atoms with van der Waals surface area (Å²) in [4.78, 5) is 21.9. The van der Waals surface area contributed by atoms with Crippen LogP contribution in [0.4, 0.5) is 0 Å². The molecule has 1 aliphatic rings. The third-order valence-electron chi connectivity index (χ3n) is 4.38. The minimum absolute atomic E-state index is 0.115. The molecule has 1 saturated heterocycles. The van der Waals surface area contributed by atoms with E-state index in [-0.39, 0.29) is 5.91 Å². The molecule has 0 radical (unpaired) electrons. The van der Waals surface area contributed by atoms with Gasteiger partial charge in [0.05, 0.1) is 16.9 Å². The SMILES string of the molecule is Cc1ncsc1C(=O)N1CCCN(Cc2c(C)noc2C)CC1. The zero-order valence-electron chi connectivity index (χ0n) is 13.8. The maximum Gasteiger partial charge on any atom is 0.265 e. The summed E-state index contributed by atoms with van der Waals surface area (Å²) in [5, 5.41) is 4.02. The zero-order valence-corrected chi connectivity index (χ0v) is 14.7. The highest BCUT2D eigenvalue weighted by molar-refractivity contribution is 7.11. The van der Waals surface area contributed by atoms with Crippen LogP contribution in [0.25, 0.3) is 0 Å². The van der Waals surface area contributed by atoms with Crippen molar-refractivity contribution in [1.82, 2.24) is 19.9 Å². The van der Waals surface area contributed by atoms with E-state index >= 15 is 0 Å². The summed E-state index contributed by atoms with van der Waals surface area (Å²) in [7, 11) is 0. The van der Waals surface area contributed by atoms with E-state index in [4.69, 9.17) is 4.52 Å². The van der Waals surface area contributed by atoms with Gasteiger partial charge < -0.3 is 9.42 Å². The van der Waals surface area contributed by atoms with Crippen molar-refractivity contribution in [1.29, 1.82) is 0 Å². The van der Waals surface area contributed by atoms with Crippen LogP contribution < -0.4 is 0 Å². The molecule has 7 heteroatoms. The lowest BCUT2D eigenvalue weighted by Gasteiger charge is -2.21. The summed E-state index contributed by atoms with van der Waals surface area (Å²) in [5.41, 5.74) is 4.70. The van der Waals surface area contributed by atoms with Gasteiger partial charge in [-0.2, -0.15) is 0 Å². The number of nitrogens with zero attached hydrogens (tertiary/aromatic N) is 4. The molecule has 124 valence electrons. The highest BCUT2D eigenvalue weighted by Gasteiger charge is 2.23. The van der Waals surface area contributed by atoms with Crippen molar-refractivity contribution in [3.05, 3.63) is 33.1 Å². The molecule has 0 aliphatic carbocycles. The van der Waals surface area contributed by atoms with Crippen molar-refractivity contribution in [3.63, 3.8) is 0 Å². The fourth-order valence-electron chi connectivity index (χ4n) is 2.93. The maximum atomic E-state index is 12.6. The predicted octanol–water partition coefficient (Wildman–Crippen LogP) is 2.40. The standard InChI is InChI=1S/C16H22N4O2S/c1-11-14(13(3)22-18-11)9-19-5-4-6-20(8-7-19)16(21)15-12(2)17-10-23-15/h10H,4-9H2,1-3H3. The number of carbonyl (C=O) groups excluding carboxylic acids is 1. The van der Waals surface area contributed by atoms with Crippen LogP contribution in [0.1, 0.15) is 38.8 Å². The normalized spacial score (nSPS) is 16.6. The molecule has 0 spiro atoms. The molecular formula is C16H22N4O2S. The Morgan fingerprint density at radius 1 is 1.22 bits per heavy atom. The van der Waals surface area contributed by atoms with E-state index in [1.165, 1.54) is 16.9 Å². The number of hydrogen-bond donors (Lipinski definition) is 0. The van der Waals surface area contributed by atoms with Gasteiger partial charge in [0.25, 0.3) is 5.91 Å². The molecule has 0 unspecified atom stereocenters. The van der Waals surface area contributed by atoms with Crippen LogP contribution in [0.2, 0.25) is 0 Å². The van der Waals surface area contributed by atoms with Gasteiger partial charge >= 0.3 is 0 Å². The Balaban J connectivity index is 1.63. The molecule has 1 fully saturated rings. The molecule has 0 aromatic carbocycles. The molecule has 0 saturated carbocycles. The monoisotopic (exact) mass is 334 g/mol. The van der Waals surface area contributed by atoms with Gasteiger partial charge in [-0.3, -0.25) is 9.69 Å². The minimum atomic E-state index is 0.115. The van der Waals surface area contributed by atoms with Crippen molar-refractivity contribution in [3.8, 4) is 0 Å². The number of carbonyl (C=O) groups is 1. The fourth-order valence-corrected chi connectivity index (χ4v) is 3.70. The van der Waals surface area contributed by atoms with Crippen molar-refractivity contribution >= 4 is 17.2 Å². The Hall–Kier alpha value is -1.73. The molecule has 2 aromatic heterocycles. The van der Waals surface area contributed by atoms with Crippen LogP contribution in [-0.4, -0.2) is 52.0 Å². The molecule has 1 aliphatic heterocycles. The van der Waals surface area contributed by atoms with Crippen LogP contribution in [-0.2, 0) is 6.54 Å². The third kappa shape index (κ3) is 3.45. The highest BCUT2D eigenvalue weighted by Crippen LogP contribution is 2.19. The smallest absolute Gasteiger partial charge is 0.265 e. The van der Waals surface area contributed by atoms with E-state index in [1.807, 2.05) is 25.7 Å². The third-order valence-corrected chi connectivity index (χ3v) is 5.29. The number of hydrogen-bond acceptors (Lipinski definition) is 6. The van der Waals surface area contributed by atoms with Gasteiger partial charge in [0.15, 0.2) is 0 Å². The van der Waals surface area contributed by atoms with Gasteiger partial charge in [0, 0.05) is 38.3 Å². The van der Waals surface area contributed by atoms with E-state index in [1.54, 1.807) is 5.51 Å². The molecule has 3 heterocycles. The first-order valence-corrected chi connectivity index (χ1v) is 8.77. The molecule has 23 heavy (non-hydrogen) atoms. The Kier molecular flexibility index (Phi) is 4.77. The van der Waals surface area contributed by atoms with Crippen LogP contribution in [0.15, 0.2) is 10.0 Å². The van der Waals surface area contributed by atoms with Gasteiger partial charge in [0.2, 0.25) is 0 Å². The number of aryl methyl sites for hydroxylation is 3. The first-order chi connectivity index (χ1) is 11.1. The quantitative estimate of drug-likeness (QED) is 0.862. The summed E-state index contributed by atoms with van der Waals surface area (Å²) < 4.78 is 5.24. The zero-order chi connectivity index (χ0) is 16.4. The van der Waals surface area contributed by atoms with Crippen molar-refractivity contribution in [2.24, 2.45) is 0 Å². The van der Waals surface area contributed by atoms with Crippen LogP contribution >= 0.6 is 11.3 Å². The number of amides is 1. The second-order valence-corrected chi connectivity index (χ2v) is 6.85. The Morgan fingerprint density at radius 2 is 2.04 bits per heavy atom. The molecule has 0 bridgehead atoms. The second-order valence-electron chi connectivity index (χ2n) is 5.99. The number of aromatic nitrogens is 2. The summed E-state index contributed by atoms with van der Waals surface area (Å²) in [6, 6.07) is 0. The van der Waals surface area contributed by atoms with Gasteiger partial charge in [0.1, 0.15) is 10.6 Å². The van der Waals surface area contributed by atoms with Crippen LogP contribution in [0, 0.1) is 20.8 Å². The Bertz CT molecular complexity index is 675. The topological polar surface area (TPSA) is 62.5 Å². The second kappa shape index (κ2) is 6.80. The van der Waals surface area contributed by atoms with Crippen molar-refractivity contribution in [2.45, 2.75) is 33.7 Å². The molecule has 0 N–H and O–H groups in total. The summed E-state index contributed by atoms with van der Waals surface area (Å²) in [6.45, 7) is 10.1. The average Bonchev–Trinajstić information content (AvgIpc) is 2.99. The Morgan fingerprint density at radius 3 is 2.70 bits per heavy atom. The van der Waals surface area contributed by atoms with Gasteiger partial charge in [-0.25, -0.2) is 4.98 Å². The van der Waals surface area contributed by atoms with Gasteiger partial charge in [-0.15, -0.1) is 11.3 Å². The first kappa shape index (κ1) is 16.1. The summed E-state index contributed by atoms with van der Waals surface area (Å²) in [6.07, 6.45) is 0.979. The lowest BCUT2D eigenvalue weighted by molar-refractivity contribution is 0.0765.